The van der Waals surface area contributed by atoms with Crippen molar-refractivity contribution in [2.24, 2.45) is 0 Å². The van der Waals surface area contributed by atoms with E-state index in [-0.39, 0.29) is 0 Å². The van der Waals surface area contributed by atoms with Gasteiger partial charge in [0.25, 0.3) is 0 Å². The molecule has 0 atom stereocenters. The zero-order valence-electron chi connectivity index (χ0n) is 28.0. The third-order valence-corrected chi connectivity index (χ3v) is 11.0. The van der Waals surface area contributed by atoms with Crippen molar-refractivity contribution in [3.63, 3.8) is 0 Å². The Kier molecular flexibility index (Phi) is 5.47. The molecule has 12 rings (SSSR count). The standard InChI is InChI=1S/C48H28N4/c1-2-12-29(13-3-1)30-22-24-31(25-23-30)46-35-17-6-9-19-39(35)49-48(50-46)52-41-21-11-8-18-36(41)44-43(52)28-37-34-16-7-10-20-40(34)51-42-27-33-15-5-4-14-32(33)26-38(42)45(44)47(37)51/h1-28H. The second kappa shape index (κ2) is 10.3. The molecule has 0 N–H and O–H groups in total. The Bertz CT molecular complexity index is 3390. The van der Waals surface area contributed by atoms with Gasteiger partial charge in [-0.15, -0.1) is 0 Å². The van der Waals surface area contributed by atoms with Crippen LogP contribution in [0.4, 0.5) is 0 Å². The summed E-state index contributed by atoms with van der Waals surface area (Å²) in [7, 11) is 0. The lowest BCUT2D eigenvalue weighted by Gasteiger charge is -2.12. The van der Waals surface area contributed by atoms with Gasteiger partial charge in [-0.1, -0.05) is 133 Å². The summed E-state index contributed by atoms with van der Waals surface area (Å²) in [6.45, 7) is 0. The van der Waals surface area contributed by atoms with Gasteiger partial charge in [0.05, 0.1) is 38.8 Å². The molecule has 0 spiro atoms. The molecule has 12 aromatic rings. The van der Waals surface area contributed by atoms with Crippen LogP contribution in [0.15, 0.2) is 170 Å². The third-order valence-electron chi connectivity index (χ3n) is 11.0. The lowest BCUT2D eigenvalue weighted by atomic mass is 10.0. The predicted octanol–water partition coefficient (Wildman–Crippen LogP) is 12.4. The molecule has 0 saturated heterocycles. The van der Waals surface area contributed by atoms with Crippen molar-refractivity contribution in [1.29, 1.82) is 0 Å². The van der Waals surface area contributed by atoms with E-state index < -0.39 is 0 Å². The molecule has 0 aliphatic rings. The van der Waals surface area contributed by atoms with Crippen LogP contribution < -0.4 is 0 Å². The van der Waals surface area contributed by atoms with Crippen molar-refractivity contribution < 1.29 is 0 Å². The fourth-order valence-electron chi connectivity index (χ4n) is 8.75. The number of rotatable bonds is 3. The van der Waals surface area contributed by atoms with E-state index >= 15 is 0 Å². The van der Waals surface area contributed by atoms with Crippen LogP contribution in [-0.4, -0.2) is 18.9 Å². The monoisotopic (exact) mass is 660 g/mol. The zero-order chi connectivity index (χ0) is 33.9. The maximum atomic E-state index is 5.45. The molecule has 0 unspecified atom stereocenters. The Morgan fingerprint density at radius 2 is 1.00 bits per heavy atom. The summed E-state index contributed by atoms with van der Waals surface area (Å²) in [5, 5.41) is 11.0. The van der Waals surface area contributed by atoms with E-state index in [0.717, 1.165) is 33.2 Å². The highest BCUT2D eigenvalue weighted by Crippen LogP contribution is 2.47. The predicted molar refractivity (Wildman–Crippen MR) is 217 cm³/mol. The number of para-hydroxylation sites is 3. The Hall–Kier alpha value is -7.04. The molecule has 52 heavy (non-hydrogen) atoms. The van der Waals surface area contributed by atoms with Crippen molar-refractivity contribution in [2.75, 3.05) is 0 Å². The second-order valence-corrected chi connectivity index (χ2v) is 13.8. The number of benzene rings is 8. The molecule has 0 aliphatic carbocycles. The van der Waals surface area contributed by atoms with Gasteiger partial charge in [0.2, 0.25) is 5.95 Å². The van der Waals surface area contributed by atoms with Crippen molar-refractivity contribution in [3.8, 4) is 28.3 Å². The first-order valence-corrected chi connectivity index (χ1v) is 17.8. The highest BCUT2D eigenvalue weighted by atomic mass is 15.2. The zero-order valence-corrected chi connectivity index (χ0v) is 28.0. The van der Waals surface area contributed by atoms with Crippen LogP contribution in [0.3, 0.4) is 0 Å². The number of aromatic nitrogens is 4. The SMILES string of the molecule is c1ccc(-c2ccc(-c3nc(-n4c5ccccc5c5c6c7cc8ccccc8cc7n7c8ccccc8c(cc54)c67)nc4ccccc34)cc2)cc1. The summed E-state index contributed by atoms with van der Waals surface area (Å²) in [6, 6.07) is 61.0. The first-order chi connectivity index (χ1) is 25.8. The summed E-state index contributed by atoms with van der Waals surface area (Å²) in [4.78, 5) is 10.7. The Balaban J connectivity index is 1.21. The average Bonchev–Trinajstić information content (AvgIpc) is 3.84. The molecule has 0 radical (unpaired) electrons. The largest absolute Gasteiger partial charge is 0.308 e. The molecule has 8 aromatic carbocycles. The second-order valence-electron chi connectivity index (χ2n) is 13.8. The van der Waals surface area contributed by atoms with E-state index in [2.05, 4.69) is 179 Å². The van der Waals surface area contributed by atoms with Crippen molar-refractivity contribution in [2.45, 2.75) is 0 Å². The van der Waals surface area contributed by atoms with Gasteiger partial charge >= 0.3 is 0 Å². The molecular weight excluding hydrogens is 633 g/mol. The number of hydrogen-bond acceptors (Lipinski definition) is 2. The van der Waals surface area contributed by atoms with Gasteiger partial charge in [-0.3, -0.25) is 4.57 Å². The van der Waals surface area contributed by atoms with Crippen LogP contribution in [0, 0.1) is 0 Å². The number of fused-ring (bicyclic) bond motifs is 12. The molecular formula is C48H28N4. The lowest BCUT2D eigenvalue weighted by Crippen LogP contribution is -2.03. The van der Waals surface area contributed by atoms with Crippen LogP contribution in [0.5, 0.6) is 0 Å². The first kappa shape index (κ1) is 27.7. The normalized spacial score (nSPS) is 12.2. The highest BCUT2D eigenvalue weighted by molar-refractivity contribution is 6.36. The molecule has 4 nitrogen and oxygen atoms in total. The smallest absolute Gasteiger partial charge is 0.235 e. The molecule has 0 saturated carbocycles. The van der Waals surface area contributed by atoms with Crippen molar-refractivity contribution >= 4 is 81.6 Å². The molecule has 0 aliphatic heterocycles. The van der Waals surface area contributed by atoms with E-state index in [1.807, 2.05) is 0 Å². The summed E-state index contributed by atoms with van der Waals surface area (Å²) < 4.78 is 4.77. The lowest BCUT2D eigenvalue weighted by molar-refractivity contribution is 1.01. The minimum absolute atomic E-state index is 0.666. The molecule has 4 heterocycles. The minimum atomic E-state index is 0.666. The van der Waals surface area contributed by atoms with E-state index in [9.17, 15) is 0 Å². The molecule has 0 bridgehead atoms. The molecule has 0 fully saturated rings. The third kappa shape index (κ3) is 3.70. The summed E-state index contributed by atoms with van der Waals surface area (Å²) in [5.74, 6) is 0.666. The molecule has 4 heteroatoms. The summed E-state index contributed by atoms with van der Waals surface area (Å²) in [5.41, 5.74) is 11.2. The number of nitrogens with zero attached hydrogens (tertiary/aromatic N) is 4. The maximum Gasteiger partial charge on any atom is 0.235 e. The minimum Gasteiger partial charge on any atom is -0.308 e. The molecule has 240 valence electrons. The molecule has 0 amide bonds. The van der Waals surface area contributed by atoms with Gasteiger partial charge in [-0.25, -0.2) is 9.97 Å². The topological polar surface area (TPSA) is 35.1 Å². The van der Waals surface area contributed by atoms with Crippen LogP contribution >= 0.6 is 0 Å². The van der Waals surface area contributed by atoms with Gasteiger partial charge in [-0.2, -0.15) is 0 Å². The van der Waals surface area contributed by atoms with Gasteiger partial charge in [0, 0.05) is 43.3 Å². The van der Waals surface area contributed by atoms with E-state index in [0.29, 0.717) is 5.95 Å². The Labute approximate surface area is 297 Å². The first-order valence-electron chi connectivity index (χ1n) is 17.8. The van der Waals surface area contributed by atoms with Crippen LogP contribution in [-0.2, 0) is 0 Å². The highest BCUT2D eigenvalue weighted by Gasteiger charge is 2.25. The fraction of sp³-hybridized carbons (Fsp3) is 0. The van der Waals surface area contributed by atoms with Crippen molar-refractivity contribution in [1.82, 2.24) is 18.9 Å². The van der Waals surface area contributed by atoms with Crippen molar-refractivity contribution in [3.05, 3.63) is 170 Å². The average molecular weight is 661 g/mol. The fourth-order valence-corrected chi connectivity index (χ4v) is 8.75. The van der Waals surface area contributed by atoms with Gasteiger partial charge in [0.15, 0.2) is 0 Å². The Morgan fingerprint density at radius 1 is 0.365 bits per heavy atom. The quantitative estimate of drug-likeness (QED) is 0.189. The van der Waals surface area contributed by atoms with E-state index in [1.165, 1.54) is 70.8 Å². The van der Waals surface area contributed by atoms with Gasteiger partial charge in [-0.05, 0) is 58.3 Å². The van der Waals surface area contributed by atoms with Crippen LogP contribution in [0.2, 0.25) is 0 Å². The molecule has 4 aromatic heterocycles. The summed E-state index contributed by atoms with van der Waals surface area (Å²) in [6.07, 6.45) is 0. The van der Waals surface area contributed by atoms with Crippen LogP contribution in [0.1, 0.15) is 0 Å². The van der Waals surface area contributed by atoms with E-state index in [4.69, 9.17) is 9.97 Å². The van der Waals surface area contributed by atoms with Gasteiger partial charge in [0.1, 0.15) is 0 Å². The van der Waals surface area contributed by atoms with E-state index in [1.54, 1.807) is 0 Å². The van der Waals surface area contributed by atoms with Crippen LogP contribution in [0.25, 0.3) is 110 Å². The summed E-state index contributed by atoms with van der Waals surface area (Å²) >= 11 is 0. The Morgan fingerprint density at radius 3 is 1.83 bits per heavy atom. The number of hydrogen-bond donors (Lipinski definition) is 0. The van der Waals surface area contributed by atoms with Gasteiger partial charge < -0.3 is 4.40 Å². The maximum absolute atomic E-state index is 5.45.